The van der Waals surface area contributed by atoms with Gasteiger partial charge in [0, 0.05) is 12.6 Å². The van der Waals surface area contributed by atoms with E-state index in [9.17, 15) is 13.2 Å². The van der Waals surface area contributed by atoms with Gasteiger partial charge < -0.3 is 5.11 Å². The molecule has 0 bridgehead atoms. The van der Waals surface area contributed by atoms with Crippen LogP contribution in [0.25, 0.3) is 0 Å². The summed E-state index contributed by atoms with van der Waals surface area (Å²) in [6.07, 6.45) is -3.31. The lowest BCUT2D eigenvalue weighted by Gasteiger charge is -2.24. The molecule has 1 aliphatic heterocycles. The summed E-state index contributed by atoms with van der Waals surface area (Å²) in [6.45, 7) is -0.381. The van der Waals surface area contributed by atoms with Gasteiger partial charge >= 0.3 is 6.30 Å². The van der Waals surface area contributed by atoms with Gasteiger partial charge in [-0.1, -0.05) is 0 Å². The molecule has 0 aliphatic carbocycles. The van der Waals surface area contributed by atoms with Crippen LogP contribution in [0.5, 0.6) is 0 Å². The number of alkyl halides is 3. The normalized spacial score (nSPS) is 27.8. The molecule has 1 unspecified atom stereocenters. The van der Waals surface area contributed by atoms with Gasteiger partial charge in [-0.3, -0.25) is 0 Å². The maximum atomic E-state index is 12.0. The second-order valence-electron chi connectivity index (χ2n) is 2.64. The zero-order valence-electron chi connectivity index (χ0n) is 5.93. The van der Waals surface area contributed by atoms with Crippen molar-refractivity contribution >= 4 is 0 Å². The maximum Gasteiger partial charge on any atom is 0.460 e. The summed E-state index contributed by atoms with van der Waals surface area (Å²) in [7, 11) is 0. The summed E-state index contributed by atoms with van der Waals surface area (Å²) in [4.78, 5) is 0.396. The van der Waals surface area contributed by atoms with E-state index in [0.29, 0.717) is 17.7 Å². The summed E-state index contributed by atoms with van der Waals surface area (Å²) in [6, 6.07) is -0.713. The quantitative estimate of drug-likeness (QED) is 0.591. The molecule has 1 aliphatic rings. The third kappa shape index (κ3) is 1.84. The van der Waals surface area contributed by atoms with Crippen molar-refractivity contribution in [3.05, 3.63) is 0 Å². The van der Waals surface area contributed by atoms with Crippen molar-refractivity contribution in [2.24, 2.45) is 0 Å². The molecule has 1 heterocycles. The molecule has 0 aromatic rings. The van der Waals surface area contributed by atoms with E-state index in [0.717, 1.165) is 0 Å². The van der Waals surface area contributed by atoms with E-state index in [-0.39, 0.29) is 6.54 Å². The number of hydrogen-bond donors (Lipinski definition) is 1. The molecule has 0 amide bonds. The van der Waals surface area contributed by atoms with E-state index < -0.39 is 18.9 Å². The molecule has 0 aromatic carbocycles. The van der Waals surface area contributed by atoms with Gasteiger partial charge in [0.05, 0.1) is 6.61 Å². The van der Waals surface area contributed by atoms with Crippen molar-refractivity contribution in [3.8, 4) is 0 Å². The molecular weight excluding hydrogens is 159 g/mol. The van der Waals surface area contributed by atoms with Crippen LogP contribution in [-0.4, -0.2) is 35.5 Å². The third-order valence-corrected chi connectivity index (χ3v) is 1.91. The van der Waals surface area contributed by atoms with Crippen LogP contribution in [0.1, 0.15) is 12.8 Å². The summed E-state index contributed by atoms with van der Waals surface area (Å²) in [5, 5.41) is 8.56. The lowest BCUT2D eigenvalue weighted by molar-refractivity contribution is -0.252. The molecule has 0 spiro atoms. The van der Waals surface area contributed by atoms with Crippen LogP contribution in [-0.2, 0) is 0 Å². The smallest absolute Gasteiger partial charge is 0.395 e. The first-order chi connectivity index (χ1) is 5.05. The summed E-state index contributed by atoms with van der Waals surface area (Å²) < 4.78 is 36.0. The zero-order chi connectivity index (χ0) is 8.48. The highest BCUT2D eigenvalue weighted by atomic mass is 19.4. The van der Waals surface area contributed by atoms with Gasteiger partial charge in [-0.25, -0.2) is 4.90 Å². The number of nitrogens with zero attached hydrogens (tertiary/aromatic N) is 1. The number of aliphatic hydroxyl groups is 1. The summed E-state index contributed by atoms with van der Waals surface area (Å²) in [5.41, 5.74) is 0. The average Bonchev–Trinajstić information content (AvgIpc) is 2.31. The van der Waals surface area contributed by atoms with Crippen LogP contribution in [0.3, 0.4) is 0 Å². The fourth-order valence-corrected chi connectivity index (χ4v) is 1.36. The minimum absolute atomic E-state index is 0.0225. The molecule has 1 atom stereocenters. The third-order valence-electron chi connectivity index (χ3n) is 1.91. The number of halogens is 3. The van der Waals surface area contributed by atoms with E-state index >= 15 is 0 Å². The largest absolute Gasteiger partial charge is 0.460 e. The predicted molar refractivity (Wildman–Crippen MR) is 32.9 cm³/mol. The number of hydrogen-bond acceptors (Lipinski definition) is 2. The number of rotatable bonds is 1. The van der Waals surface area contributed by atoms with Gasteiger partial charge in [0.25, 0.3) is 0 Å². The van der Waals surface area contributed by atoms with Gasteiger partial charge in [-0.2, -0.15) is 13.2 Å². The molecule has 5 heteroatoms. The molecule has 0 radical (unpaired) electrons. The van der Waals surface area contributed by atoms with Gasteiger partial charge in [-0.15, -0.1) is 0 Å². The number of aliphatic hydroxyl groups excluding tert-OH is 1. The zero-order valence-corrected chi connectivity index (χ0v) is 5.93. The standard InChI is InChI=1S/C6H10F3NO/c7-6(8,9)10-3-1-2-5(10)4-11/h5,11H,1-4H2. The molecule has 1 fully saturated rings. The van der Waals surface area contributed by atoms with Crippen LogP contribution < -0.4 is 0 Å². The summed E-state index contributed by atoms with van der Waals surface area (Å²) >= 11 is 0. The lowest BCUT2D eigenvalue weighted by Crippen LogP contribution is -2.43. The Morgan fingerprint density at radius 1 is 1.45 bits per heavy atom. The SMILES string of the molecule is OCC1CCCN1C(F)(F)F. The average molecular weight is 169 g/mol. The topological polar surface area (TPSA) is 23.5 Å². The highest BCUT2D eigenvalue weighted by molar-refractivity contribution is 4.79. The van der Waals surface area contributed by atoms with Crippen molar-refractivity contribution in [2.45, 2.75) is 25.2 Å². The van der Waals surface area contributed by atoms with Crippen LogP contribution in [0, 0.1) is 0 Å². The Morgan fingerprint density at radius 2 is 2.09 bits per heavy atom. The molecule has 2 nitrogen and oxygen atoms in total. The van der Waals surface area contributed by atoms with Crippen molar-refractivity contribution in [1.82, 2.24) is 4.90 Å². The van der Waals surface area contributed by atoms with Crippen molar-refractivity contribution in [1.29, 1.82) is 0 Å². The van der Waals surface area contributed by atoms with E-state index in [4.69, 9.17) is 5.11 Å². The van der Waals surface area contributed by atoms with Crippen LogP contribution >= 0.6 is 0 Å². The Balaban J connectivity index is 2.57. The minimum Gasteiger partial charge on any atom is -0.395 e. The molecular formula is C6H10F3NO. The number of likely N-dealkylation sites (tertiary alicyclic amines) is 1. The molecule has 11 heavy (non-hydrogen) atoms. The van der Waals surface area contributed by atoms with Crippen LogP contribution in [0.4, 0.5) is 13.2 Å². The van der Waals surface area contributed by atoms with Gasteiger partial charge in [0.1, 0.15) is 0 Å². The second-order valence-corrected chi connectivity index (χ2v) is 2.64. The first-order valence-electron chi connectivity index (χ1n) is 3.50. The van der Waals surface area contributed by atoms with E-state index in [2.05, 4.69) is 0 Å². The monoisotopic (exact) mass is 169 g/mol. The molecule has 1 rings (SSSR count). The molecule has 0 saturated carbocycles. The Bertz CT molecular complexity index is 136. The highest BCUT2D eigenvalue weighted by Gasteiger charge is 2.43. The Labute approximate surface area is 62.6 Å². The fourth-order valence-electron chi connectivity index (χ4n) is 1.36. The Kier molecular flexibility index (Phi) is 2.39. The first kappa shape index (κ1) is 8.80. The van der Waals surface area contributed by atoms with E-state index in [1.165, 1.54) is 0 Å². The molecule has 1 saturated heterocycles. The van der Waals surface area contributed by atoms with E-state index in [1.807, 2.05) is 0 Å². The highest BCUT2D eigenvalue weighted by Crippen LogP contribution is 2.29. The van der Waals surface area contributed by atoms with Crippen molar-refractivity contribution < 1.29 is 18.3 Å². The minimum atomic E-state index is -4.27. The van der Waals surface area contributed by atoms with Crippen molar-refractivity contribution in [3.63, 3.8) is 0 Å². The lowest BCUT2D eigenvalue weighted by atomic mass is 10.2. The van der Waals surface area contributed by atoms with Crippen LogP contribution in [0.15, 0.2) is 0 Å². The Morgan fingerprint density at radius 3 is 2.45 bits per heavy atom. The molecule has 1 N–H and O–H groups in total. The van der Waals surface area contributed by atoms with Gasteiger partial charge in [-0.05, 0) is 12.8 Å². The molecule has 66 valence electrons. The Hall–Kier alpha value is -0.290. The molecule has 0 aromatic heterocycles. The fraction of sp³-hybridized carbons (Fsp3) is 1.00. The first-order valence-corrected chi connectivity index (χ1v) is 3.50. The van der Waals surface area contributed by atoms with E-state index in [1.54, 1.807) is 0 Å². The van der Waals surface area contributed by atoms with Gasteiger partial charge in [0.15, 0.2) is 0 Å². The van der Waals surface area contributed by atoms with Gasteiger partial charge in [0.2, 0.25) is 0 Å². The summed E-state index contributed by atoms with van der Waals surface area (Å²) in [5.74, 6) is 0. The second kappa shape index (κ2) is 2.98. The maximum absolute atomic E-state index is 12.0. The van der Waals surface area contributed by atoms with Crippen LogP contribution in [0.2, 0.25) is 0 Å². The van der Waals surface area contributed by atoms with Crippen molar-refractivity contribution in [2.75, 3.05) is 13.2 Å². The predicted octanol–water partition coefficient (Wildman–Crippen LogP) is 0.963.